The van der Waals surface area contributed by atoms with E-state index in [0.29, 0.717) is 22.8 Å². The number of carbonyl (C=O) groups is 1. The van der Waals surface area contributed by atoms with Gasteiger partial charge < -0.3 is 18.9 Å². The Balaban J connectivity index is 1.95. The fourth-order valence-corrected chi connectivity index (χ4v) is 5.10. The Morgan fingerprint density at radius 1 is 1.06 bits per heavy atom. The highest BCUT2D eigenvalue weighted by Gasteiger charge is 2.57. The Morgan fingerprint density at radius 2 is 1.72 bits per heavy atom. The summed E-state index contributed by atoms with van der Waals surface area (Å²) in [7, 11) is 3.02. The number of hydrogen-bond acceptors (Lipinski definition) is 5. The molecule has 2 aromatic rings. The zero-order valence-electron chi connectivity index (χ0n) is 19.8. The van der Waals surface area contributed by atoms with E-state index in [2.05, 4.69) is 26.8 Å². The number of hydrogen-bond donors (Lipinski definition) is 0. The van der Waals surface area contributed by atoms with E-state index in [1.54, 1.807) is 6.07 Å². The molecular weight excluding hydrogens is 428 g/mol. The van der Waals surface area contributed by atoms with Crippen molar-refractivity contribution in [3.05, 3.63) is 56.3 Å². The third kappa shape index (κ3) is 2.94. The predicted molar refractivity (Wildman–Crippen MR) is 125 cm³/mol. The molecule has 4 rings (SSSR count). The van der Waals surface area contributed by atoms with E-state index in [-0.39, 0.29) is 28.6 Å². The zero-order valence-corrected chi connectivity index (χ0v) is 20.6. The van der Waals surface area contributed by atoms with Gasteiger partial charge in [-0.3, -0.25) is 4.79 Å². The predicted octanol–water partition coefficient (Wildman–Crippen LogP) is 6.38. The van der Waals surface area contributed by atoms with Crippen LogP contribution in [-0.4, -0.2) is 25.6 Å². The standard InChI is InChI=1S/C26H29ClO5/c1-12(2)26(20-10-17-9-13(3)14(4)15(5)21(17)16(6)31-20)25(28)22-18(29-7)11-19(30-8)23(27)24(22)32-26/h9-12,16H,1-8H3/t16?,26-/m0/s1. The molecule has 0 N–H and O–H groups in total. The number of benzene rings is 2. The van der Waals surface area contributed by atoms with Gasteiger partial charge in [0.05, 0.1) is 14.2 Å². The van der Waals surface area contributed by atoms with Crippen LogP contribution in [-0.2, 0) is 4.74 Å². The summed E-state index contributed by atoms with van der Waals surface area (Å²) in [6.45, 7) is 12.2. The Bertz CT molecular complexity index is 1160. The minimum absolute atomic E-state index is 0.230. The van der Waals surface area contributed by atoms with Crippen molar-refractivity contribution >= 4 is 23.5 Å². The maximum Gasteiger partial charge on any atom is 0.230 e. The molecule has 6 heteroatoms. The molecular formula is C26H29ClO5. The minimum Gasteiger partial charge on any atom is -0.496 e. The van der Waals surface area contributed by atoms with Crippen molar-refractivity contribution < 1.29 is 23.7 Å². The van der Waals surface area contributed by atoms with Gasteiger partial charge in [0.15, 0.2) is 5.75 Å². The number of ketones is 1. The molecule has 2 aromatic carbocycles. The Kier molecular flexibility index (Phi) is 5.44. The van der Waals surface area contributed by atoms with Crippen LogP contribution in [0.5, 0.6) is 17.2 Å². The fraction of sp³-hybridized carbons (Fsp3) is 0.423. The average molecular weight is 457 g/mol. The first kappa shape index (κ1) is 22.5. The smallest absolute Gasteiger partial charge is 0.230 e. The lowest BCUT2D eigenvalue weighted by Crippen LogP contribution is -2.48. The van der Waals surface area contributed by atoms with E-state index in [1.807, 2.05) is 26.8 Å². The molecule has 0 bridgehead atoms. The van der Waals surface area contributed by atoms with Gasteiger partial charge in [0.1, 0.15) is 33.9 Å². The molecule has 0 amide bonds. The quantitative estimate of drug-likeness (QED) is 0.534. The lowest BCUT2D eigenvalue weighted by Gasteiger charge is -2.37. The second-order valence-electron chi connectivity index (χ2n) is 8.84. The van der Waals surface area contributed by atoms with Gasteiger partial charge in [-0.1, -0.05) is 31.5 Å². The number of ether oxygens (including phenoxy) is 4. The molecule has 2 aliphatic heterocycles. The Hall–Kier alpha value is -2.66. The van der Waals surface area contributed by atoms with E-state index in [9.17, 15) is 4.79 Å². The van der Waals surface area contributed by atoms with Crippen molar-refractivity contribution in [1.29, 1.82) is 0 Å². The van der Waals surface area contributed by atoms with E-state index in [4.69, 9.17) is 30.5 Å². The molecule has 0 saturated carbocycles. The van der Waals surface area contributed by atoms with E-state index < -0.39 is 5.60 Å². The summed E-state index contributed by atoms with van der Waals surface area (Å²) in [5, 5.41) is 0.242. The molecule has 1 unspecified atom stereocenters. The normalized spacial score (nSPS) is 21.5. The summed E-state index contributed by atoms with van der Waals surface area (Å²) in [4.78, 5) is 14.0. The summed E-state index contributed by atoms with van der Waals surface area (Å²) < 4.78 is 23.7. The first-order valence-corrected chi connectivity index (χ1v) is 11.1. The van der Waals surface area contributed by atoms with Crippen LogP contribution in [0.25, 0.3) is 6.08 Å². The number of fused-ring (bicyclic) bond motifs is 2. The lowest BCUT2D eigenvalue weighted by molar-refractivity contribution is -0.0000232. The molecule has 2 aliphatic rings. The molecule has 32 heavy (non-hydrogen) atoms. The lowest BCUT2D eigenvalue weighted by atomic mass is 9.80. The van der Waals surface area contributed by atoms with Crippen molar-refractivity contribution in [3.8, 4) is 17.2 Å². The molecule has 0 radical (unpaired) electrons. The van der Waals surface area contributed by atoms with Gasteiger partial charge in [0.2, 0.25) is 11.4 Å². The molecule has 5 nitrogen and oxygen atoms in total. The van der Waals surface area contributed by atoms with Crippen LogP contribution in [0.1, 0.15) is 65.1 Å². The average Bonchev–Trinajstić information content (AvgIpc) is 3.07. The molecule has 0 saturated heterocycles. The maximum absolute atomic E-state index is 14.0. The number of Topliss-reactive ketones (excluding diaryl/α,β-unsaturated/α-hetero) is 1. The summed E-state index contributed by atoms with van der Waals surface area (Å²) in [6.07, 6.45) is 1.71. The molecule has 0 aromatic heterocycles. The molecule has 0 spiro atoms. The van der Waals surface area contributed by atoms with E-state index >= 15 is 0 Å². The highest BCUT2D eigenvalue weighted by molar-refractivity contribution is 6.35. The fourth-order valence-electron chi connectivity index (χ4n) is 4.84. The molecule has 170 valence electrons. The number of aryl methyl sites for hydroxylation is 1. The largest absolute Gasteiger partial charge is 0.496 e. The topological polar surface area (TPSA) is 54.0 Å². The van der Waals surface area contributed by atoms with Crippen molar-refractivity contribution in [2.45, 2.75) is 53.2 Å². The summed E-state index contributed by atoms with van der Waals surface area (Å²) in [5.74, 6) is 1.02. The third-order valence-corrected chi connectivity index (χ3v) is 7.19. The van der Waals surface area contributed by atoms with Gasteiger partial charge in [0, 0.05) is 17.5 Å². The Labute approximate surface area is 194 Å². The van der Waals surface area contributed by atoms with Crippen molar-refractivity contribution in [2.24, 2.45) is 5.92 Å². The molecule has 0 fully saturated rings. The molecule has 0 aliphatic carbocycles. The van der Waals surface area contributed by atoms with E-state index in [1.165, 1.54) is 30.9 Å². The SMILES string of the molecule is COc1cc(OC)c2c(c1Cl)O[C@](C1=Cc3cc(C)c(C)c(C)c3C(C)O1)(C(C)C)C2=O. The van der Waals surface area contributed by atoms with Crippen LogP contribution in [0.3, 0.4) is 0 Å². The number of methoxy groups -OCH3 is 2. The zero-order chi connectivity index (χ0) is 23.5. The highest BCUT2D eigenvalue weighted by atomic mass is 35.5. The number of carbonyl (C=O) groups excluding carboxylic acids is 1. The van der Waals surface area contributed by atoms with Crippen LogP contribution in [0.2, 0.25) is 5.02 Å². The van der Waals surface area contributed by atoms with Crippen molar-refractivity contribution in [2.75, 3.05) is 14.2 Å². The van der Waals surface area contributed by atoms with E-state index in [0.717, 1.165) is 11.1 Å². The third-order valence-electron chi connectivity index (χ3n) is 6.84. The van der Waals surface area contributed by atoms with Crippen LogP contribution < -0.4 is 14.2 Å². The second-order valence-corrected chi connectivity index (χ2v) is 9.21. The van der Waals surface area contributed by atoms with Gasteiger partial charge in [-0.05, 0) is 56.0 Å². The van der Waals surface area contributed by atoms with Crippen molar-refractivity contribution in [3.63, 3.8) is 0 Å². The van der Waals surface area contributed by atoms with Crippen LogP contribution in [0.15, 0.2) is 17.9 Å². The van der Waals surface area contributed by atoms with Gasteiger partial charge in [-0.15, -0.1) is 0 Å². The minimum atomic E-state index is -1.36. The van der Waals surface area contributed by atoms with Gasteiger partial charge in [-0.25, -0.2) is 0 Å². The first-order chi connectivity index (χ1) is 15.1. The first-order valence-electron chi connectivity index (χ1n) is 10.8. The van der Waals surface area contributed by atoms with Crippen LogP contribution >= 0.6 is 11.6 Å². The number of halogens is 1. The van der Waals surface area contributed by atoms with Crippen LogP contribution in [0, 0.1) is 26.7 Å². The van der Waals surface area contributed by atoms with Crippen LogP contribution in [0.4, 0.5) is 0 Å². The maximum atomic E-state index is 14.0. The summed E-state index contributed by atoms with van der Waals surface area (Å²) in [5.41, 5.74) is 4.78. The number of rotatable bonds is 4. The second kappa shape index (κ2) is 7.73. The van der Waals surface area contributed by atoms with Gasteiger partial charge >= 0.3 is 0 Å². The summed E-state index contributed by atoms with van der Waals surface area (Å²) >= 11 is 6.57. The molecule has 2 heterocycles. The monoisotopic (exact) mass is 456 g/mol. The summed E-state index contributed by atoms with van der Waals surface area (Å²) in [6, 6.07) is 3.76. The Morgan fingerprint density at radius 3 is 2.31 bits per heavy atom. The highest BCUT2D eigenvalue weighted by Crippen LogP contribution is 2.54. The molecule has 2 atom stereocenters. The van der Waals surface area contributed by atoms with Gasteiger partial charge in [0.25, 0.3) is 0 Å². The van der Waals surface area contributed by atoms with Gasteiger partial charge in [-0.2, -0.15) is 0 Å². The van der Waals surface area contributed by atoms with Crippen molar-refractivity contribution in [1.82, 2.24) is 0 Å².